The molecule has 0 bridgehead atoms. The van der Waals surface area contributed by atoms with Crippen molar-refractivity contribution in [2.45, 2.75) is 13.0 Å². The van der Waals surface area contributed by atoms with Crippen LogP contribution >= 0.6 is 11.3 Å². The van der Waals surface area contributed by atoms with E-state index < -0.39 is 0 Å². The van der Waals surface area contributed by atoms with Gasteiger partial charge in [-0.3, -0.25) is 4.79 Å². The minimum absolute atomic E-state index is 0.121. The van der Waals surface area contributed by atoms with Crippen LogP contribution in [0.4, 0.5) is 5.95 Å². The molecule has 0 aliphatic carbocycles. The van der Waals surface area contributed by atoms with Crippen molar-refractivity contribution in [2.24, 2.45) is 0 Å². The number of hydrogen-bond donors (Lipinski definition) is 1. The fourth-order valence-electron chi connectivity index (χ4n) is 2.73. The predicted octanol–water partition coefficient (Wildman–Crippen LogP) is 4.50. The molecule has 0 saturated carbocycles. The minimum Gasteiger partial charge on any atom is -0.349 e. The molecule has 0 unspecified atom stereocenters. The summed E-state index contributed by atoms with van der Waals surface area (Å²) in [4.78, 5) is 18.6. The summed E-state index contributed by atoms with van der Waals surface area (Å²) in [6, 6.07) is 23.4. The van der Waals surface area contributed by atoms with Crippen molar-refractivity contribution in [3.05, 3.63) is 88.6 Å². The monoisotopic (exact) mass is 374 g/mol. The molecular weight excluding hydrogens is 356 g/mol. The molecule has 5 nitrogen and oxygen atoms in total. The summed E-state index contributed by atoms with van der Waals surface area (Å²) in [5.74, 6) is 0.874. The third-order valence-electron chi connectivity index (χ3n) is 4.07. The summed E-state index contributed by atoms with van der Waals surface area (Å²) >= 11 is 1.66. The third-order valence-corrected chi connectivity index (χ3v) is 4.95. The molecule has 134 valence electrons. The lowest BCUT2D eigenvalue weighted by atomic mass is 10.1. The maximum Gasteiger partial charge on any atom is 0.254 e. The molecule has 0 aliphatic heterocycles. The standard InChI is InChI=1S/C21H18N4OS/c26-19(14-16-8-3-1-4-9-16)25-21(22-15-18-12-7-13-27-18)23-20(24-25)17-10-5-2-6-11-17/h1-13H,14-15H2,(H,22,23,24). The van der Waals surface area contributed by atoms with E-state index >= 15 is 0 Å². The maximum atomic E-state index is 12.9. The molecule has 4 rings (SSSR count). The van der Waals surface area contributed by atoms with E-state index in [1.165, 1.54) is 9.56 Å². The number of thiophene rings is 1. The molecule has 0 spiro atoms. The highest BCUT2D eigenvalue weighted by Crippen LogP contribution is 2.19. The highest BCUT2D eigenvalue weighted by molar-refractivity contribution is 7.09. The second-order valence-corrected chi connectivity index (χ2v) is 7.06. The van der Waals surface area contributed by atoms with Gasteiger partial charge < -0.3 is 5.32 Å². The number of anilines is 1. The Morgan fingerprint density at radius 3 is 2.41 bits per heavy atom. The van der Waals surface area contributed by atoms with E-state index in [-0.39, 0.29) is 12.3 Å². The lowest BCUT2D eigenvalue weighted by Crippen LogP contribution is -2.18. The third kappa shape index (κ3) is 4.12. The Morgan fingerprint density at radius 2 is 1.70 bits per heavy atom. The van der Waals surface area contributed by atoms with Crippen LogP contribution in [0.2, 0.25) is 0 Å². The first kappa shape index (κ1) is 17.2. The van der Waals surface area contributed by atoms with Crippen molar-refractivity contribution in [3.8, 4) is 11.4 Å². The zero-order valence-corrected chi connectivity index (χ0v) is 15.4. The van der Waals surface area contributed by atoms with Gasteiger partial charge in [-0.1, -0.05) is 66.7 Å². The zero-order valence-electron chi connectivity index (χ0n) is 14.6. The van der Waals surface area contributed by atoms with Gasteiger partial charge >= 0.3 is 0 Å². The minimum atomic E-state index is -0.121. The molecule has 27 heavy (non-hydrogen) atoms. The highest BCUT2D eigenvalue weighted by atomic mass is 32.1. The summed E-state index contributed by atoms with van der Waals surface area (Å²) in [6.45, 7) is 0.600. The number of carbonyl (C=O) groups is 1. The molecule has 0 amide bonds. The fourth-order valence-corrected chi connectivity index (χ4v) is 3.38. The number of hydrogen-bond acceptors (Lipinski definition) is 5. The van der Waals surface area contributed by atoms with Gasteiger partial charge in [-0.05, 0) is 17.0 Å². The van der Waals surface area contributed by atoms with E-state index in [2.05, 4.69) is 15.4 Å². The van der Waals surface area contributed by atoms with Gasteiger partial charge in [-0.25, -0.2) is 0 Å². The Bertz CT molecular complexity index is 1010. The average Bonchev–Trinajstić information content (AvgIpc) is 3.38. The summed E-state index contributed by atoms with van der Waals surface area (Å²) in [5.41, 5.74) is 1.83. The van der Waals surface area contributed by atoms with E-state index in [9.17, 15) is 4.79 Å². The normalized spacial score (nSPS) is 10.7. The molecule has 1 N–H and O–H groups in total. The molecule has 4 aromatic rings. The van der Waals surface area contributed by atoms with E-state index in [1.54, 1.807) is 11.3 Å². The van der Waals surface area contributed by atoms with Crippen molar-refractivity contribution in [2.75, 3.05) is 5.32 Å². The molecule has 0 atom stereocenters. The van der Waals surface area contributed by atoms with Gasteiger partial charge in [-0.15, -0.1) is 16.4 Å². The number of rotatable bonds is 6. The zero-order chi connectivity index (χ0) is 18.5. The first-order valence-corrected chi connectivity index (χ1v) is 9.53. The van der Waals surface area contributed by atoms with Crippen LogP contribution in [-0.4, -0.2) is 20.7 Å². The van der Waals surface area contributed by atoms with Crippen LogP contribution in [0.5, 0.6) is 0 Å². The Balaban J connectivity index is 1.62. The maximum absolute atomic E-state index is 12.9. The van der Waals surface area contributed by atoms with Crippen molar-refractivity contribution < 1.29 is 4.79 Å². The number of aromatic nitrogens is 3. The number of carbonyl (C=O) groups excluding carboxylic acids is 1. The Labute approximate surface area is 161 Å². The Morgan fingerprint density at radius 1 is 0.963 bits per heavy atom. The van der Waals surface area contributed by atoms with Crippen LogP contribution in [0, 0.1) is 0 Å². The van der Waals surface area contributed by atoms with Crippen LogP contribution in [0.1, 0.15) is 15.2 Å². The van der Waals surface area contributed by atoms with Gasteiger partial charge in [0, 0.05) is 10.4 Å². The van der Waals surface area contributed by atoms with E-state index in [1.807, 2.05) is 78.2 Å². The number of benzene rings is 2. The molecule has 0 aliphatic rings. The Hall–Kier alpha value is -3.25. The topological polar surface area (TPSA) is 59.8 Å². The lowest BCUT2D eigenvalue weighted by Gasteiger charge is -2.06. The van der Waals surface area contributed by atoms with Crippen molar-refractivity contribution in [1.29, 1.82) is 0 Å². The van der Waals surface area contributed by atoms with Crippen molar-refractivity contribution >= 4 is 23.2 Å². The van der Waals surface area contributed by atoms with E-state index in [0.717, 1.165) is 11.1 Å². The predicted molar refractivity (Wildman–Crippen MR) is 108 cm³/mol. The molecule has 0 radical (unpaired) electrons. The molecule has 2 heterocycles. The van der Waals surface area contributed by atoms with Crippen LogP contribution < -0.4 is 5.32 Å². The van der Waals surface area contributed by atoms with Crippen LogP contribution in [0.25, 0.3) is 11.4 Å². The highest BCUT2D eigenvalue weighted by Gasteiger charge is 2.17. The summed E-state index contributed by atoms with van der Waals surface area (Å²) in [6.07, 6.45) is 0.270. The smallest absolute Gasteiger partial charge is 0.254 e. The van der Waals surface area contributed by atoms with Crippen molar-refractivity contribution in [1.82, 2.24) is 14.8 Å². The second kappa shape index (κ2) is 7.97. The summed E-state index contributed by atoms with van der Waals surface area (Å²) in [7, 11) is 0. The van der Waals surface area contributed by atoms with E-state index in [4.69, 9.17) is 0 Å². The number of nitrogens with one attached hydrogen (secondary N) is 1. The molecule has 0 saturated heterocycles. The van der Waals surface area contributed by atoms with Gasteiger partial charge in [0.2, 0.25) is 5.95 Å². The van der Waals surface area contributed by atoms with Gasteiger partial charge in [0.25, 0.3) is 5.91 Å². The largest absolute Gasteiger partial charge is 0.349 e. The molecule has 6 heteroatoms. The summed E-state index contributed by atoms with van der Waals surface area (Å²) in [5, 5.41) is 9.75. The van der Waals surface area contributed by atoms with Crippen molar-refractivity contribution in [3.63, 3.8) is 0 Å². The second-order valence-electron chi connectivity index (χ2n) is 6.03. The number of nitrogens with zero attached hydrogens (tertiary/aromatic N) is 3. The molecule has 0 fully saturated rings. The fraction of sp³-hybridized carbons (Fsp3) is 0.0952. The van der Waals surface area contributed by atoms with Crippen LogP contribution in [0.3, 0.4) is 0 Å². The van der Waals surface area contributed by atoms with Gasteiger partial charge in [0.15, 0.2) is 5.82 Å². The molecule has 2 aromatic heterocycles. The van der Waals surface area contributed by atoms with Gasteiger partial charge in [0.1, 0.15) is 0 Å². The average molecular weight is 374 g/mol. The molecule has 2 aromatic carbocycles. The van der Waals surface area contributed by atoms with Gasteiger partial charge in [-0.2, -0.15) is 9.67 Å². The first-order valence-electron chi connectivity index (χ1n) is 8.65. The van der Waals surface area contributed by atoms with E-state index in [0.29, 0.717) is 18.3 Å². The lowest BCUT2D eigenvalue weighted by molar-refractivity contribution is 0.0901. The van der Waals surface area contributed by atoms with Gasteiger partial charge in [0.05, 0.1) is 13.0 Å². The first-order chi connectivity index (χ1) is 13.3. The van der Waals surface area contributed by atoms with Crippen LogP contribution in [-0.2, 0) is 13.0 Å². The quantitative estimate of drug-likeness (QED) is 0.540. The molecular formula is C21H18N4OS. The van der Waals surface area contributed by atoms with Crippen LogP contribution in [0.15, 0.2) is 78.2 Å². The Kier molecular flexibility index (Phi) is 5.07. The SMILES string of the molecule is O=C(Cc1ccccc1)n1nc(-c2ccccc2)nc1NCc1cccs1. The summed E-state index contributed by atoms with van der Waals surface area (Å²) < 4.78 is 1.38.